The Kier molecular flexibility index (Phi) is 8.16. The van der Waals surface area contributed by atoms with Crippen LogP contribution in [0, 0.1) is 0 Å². The smallest absolute Gasteiger partial charge is 1.00 e. The molecule has 0 aromatic heterocycles. The van der Waals surface area contributed by atoms with Gasteiger partial charge in [0.2, 0.25) is 0 Å². The summed E-state index contributed by atoms with van der Waals surface area (Å²) in [7, 11) is 0. The van der Waals surface area contributed by atoms with Gasteiger partial charge >= 0.3 is 35.5 Å². The van der Waals surface area contributed by atoms with Crippen LogP contribution in [0.25, 0.3) is 0 Å². The Morgan fingerprint density at radius 1 is 1.47 bits per heavy atom. The Morgan fingerprint density at radius 3 is 2.53 bits per heavy atom. The molecule has 0 bridgehead atoms. The van der Waals surface area contributed by atoms with E-state index >= 15 is 0 Å². The molecule has 0 heterocycles. The number of nitrogens with one attached hydrogen (secondary N) is 1. The third-order valence-electron chi connectivity index (χ3n) is 2.02. The Hall–Kier alpha value is -0.620. The summed E-state index contributed by atoms with van der Waals surface area (Å²) >= 11 is 5.13. The van der Waals surface area contributed by atoms with E-state index in [4.69, 9.17) is 17.3 Å². The topological polar surface area (TPSA) is 52.6 Å². The maximum Gasteiger partial charge on any atom is 1.00 e. The molecule has 0 radical (unpaired) electrons. The molecule has 0 saturated carbocycles. The number of thiocarbonyl (C=S) groups is 1. The zero-order valence-corrected chi connectivity index (χ0v) is 12.8. The number of carbonyl (C=O) groups is 1. The number of para-hydroxylation sites is 1. The molecular formula is C11H15N2NaO2S. The van der Waals surface area contributed by atoms with Crippen molar-refractivity contribution in [3.63, 3.8) is 0 Å². The van der Waals surface area contributed by atoms with Crippen LogP contribution in [0.4, 0.5) is 5.69 Å². The number of benzene rings is 1. The van der Waals surface area contributed by atoms with Crippen molar-refractivity contribution in [2.45, 2.75) is 6.92 Å². The van der Waals surface area contributed by atoms with Crippen molar-refractivity contribution in [2.75, 3.05) is 18.0 Å². The van der Waals surface area contributed by atoms with E-state index in [1.807, 2.05) is 42.2 Å². The zero-order valence-electron chi connectivity index (χ0n) is 11.0. The van der Waals surface area contributed by atoms with Crippen LogP contribution < -0.4 is 39.8 Å². The number of nitrogens with zero attached hydrogens (tertiary/aromatic N) is 1. The summed E-state index contributed by atoms with van der Waals surface area (Å²) < 4.78 is 0. The van der Waals surface area contributed by atoms with Crippen molar-refractivity contribution in [3.8, 4) is 0 Å². The first kappa shape index (κ1) is 16.4. The molecular weight excluding hydrogens is 247 g/mol. The second-order valence-electron chi connectivity index (χ2n) is 3.13. The number of carboxylic acids is 1. The molecule has 4 nitrogen and oxygen atoms in total. The van der Waals surface area contributed by atoms with Crippen molar-refractivity contribution in [2.24, 2.45) is 0 Å². The number of rotatable bonds is 4. The average molecular weight is 262 g/mol. The van der Waals surface area contributed by atoms with Gasteiger partial charge in [-0.2, -0.15) is 0 Å². The Bertz CT molecular complexity index is 379. The second-order valence-corrected chi connectivity index (χ2v) is 3.52. The van der Waals surface area contributed by atoms with Gasteiger partial charge in [0.1, 0.15) is 6.54 Å². The van der Waals surface area contributed by atoms with E-state index in [2.05, 4.69) is 5.32 Å². The predicted octanol–water partition coefficient (Wildman–Crippen LogP) is -1.41. The quantitative estimate of drug-likeness (QED) is 0.516. The van der Waals surface area contributed by atoms with Crippen molar-refractivity contribution < 1.29 is 40.9 Å². The van der Waals surface area contributed by atoms with Gasteiger partial charge in [0.05, 0.1) is 0 Å². The van der Waals surface area contributed by atoms with E-state index in [1.54, 1.807) is 0 Å². The summed E-state index contributed by atoms with van der Waals surface area (Å²) in [6.45, 7) is 2.49. The molecule has 0 amide bonds. The maximum atomic E-state index is 10.4. The van der Waals surface area contributed by atoms with E-state index < -0.39 is 5.97 Å². The fourth-order valence-electron chi connectivity index (χ4n) is 1.30. The average Bonchev–Trinajstić information content (AvgIpc) is 2.29. The summed E-state index contributed by atoms with van der Waals surface area (Å²) in [5.74, 6) is -0.925. The summed E-state index contributed by atoms with van der Waals surface area (Å²) in [6.07, 6.45) is 0. The first-order chi connectivity index (χ1) is 7.65. The number of anilines is 1. The number of hydrogen-bond donors (Lipinski definition) is 2. The van der Waals surface area contributed by atoms with Crippen LogP contribution in [-0.2, 0) is 4.79 Å². The summed E-state index contributed by atoms with van der Waals surface area (Å²) in [5.41, 5.74) is 0.952. The van der Waals surface area contributed by atoms with E-state index in [0.717, 1.165) is 5.69 Å². The Balaban J connectivity index is 0. The van der Waals surface area contributed by atoms with Gasteiger partial charge in [-0.15, -0.1) is 0 Å². The summed E-state index contributed by atoms with van der Waals surface area (Å²) in [6, 6.07) is 9.61. The van der Waals surface area contributed by atoms with Gasteiger partial charge in [-0.25, -0.2) is 0 Å². The van der Waals surface area contributed by atoms with Crippen molar-refractivity contribution >= 4 is 29.0 Å². The fraction of sp³-hybridized carbons (Fsp3) is 0.273. The third-order valence-corrected chi connectivity index (χ3v) is 2.38. The normalized spacial score (nSPS) is 9.00. The molecule has 17 heavy (non-hydrogen) atoms. The van der Waals surface area contributed by atoms with Crippen LogP contribution in [0.3, 0.4) is 0 Å². The monoisotopic (exact) mass is 262 g/mol. The van der Waals surface area contributed by atoms with Gasteiger partial charge in [-0.3, -0.25) is 4.79 Å². The molecule has 88 valence electrons. The molecule has 0 unspecified atom stereocenters. The molecule has 2 N–H and O–H groups in total. The molecule has 0 aliphatic rings. The first-order valence-electron chi connectivity index (χ1n) is 4.97. The van der Waals surface area contributed by atoms with Crippen LogP contribution in [0.2, 0.25) is 0 Å². The minimum Gasteiger partial charge on any atom is -1.00 e. The van der Waals surface area contributed by atoms with E-state index in [9.17, 15) is 4.79 Å². The number of aliphatic carboxylic acids is 1. The largest absolute Gasteiger partial charge is 1.00 e. The number of hydrogen-bond acceptors (Lipinski definition) is 2. The zero-order chi connectivity index (χ0) is 12.0. The Labute approximate surface area is 130 Å². The van der Waals surface area contributed by atoms with Gasteiger partial charge in [-0.05, 0) is 31.3 Å². The SMILES string of the molecule is CCN(C(=S)NCC(=O)O)c1ccccc1.[H-].[Na+]. The first-order valence-corrected chi connectivity index (χ1v) is 5.38. The van der Waals surface area contributed by atoms with Gasteiger partial charge in [0, 0.05) is 12.2 Å². The summed E-state index contributed by atoms with van der Waals surface area (Å²) in [5, 5.41) is 11.7. The van der Waals surface area contributed by atoms with Crippen LogP contribution >= 0.6 is 12.2 Å². The van der Waals surface area contributed by atoms with Gasteiger partial charge in [0.15, 0.2) is 5.11 Å². The molecule has 0 atom stereocenters. The fourth-order valence-corrected chi connectivity index (χ4v) is 1.60. The molecule has 0 spiro atoms. The van der Waals surface area contributed by atoms with E-state index in [0.29, 0.717) is 11.7 Å². The molecule has 0 aliphatic carbocycles. The second kappa shape index (κ2) is 8.47. The molecule has 0 saturated heterocycles. The standard InChI is InChI=1S/C11H14N2O2S.Na.H/c1-2-13(9-6-4-3-5-7-9)11(16)12-8-10(14)15;;/h3-7H,2,8H2,1H3,(H,12,16)(H,14,15);;/q;+1;-1. The van der Waals surface area contributed by atoms with Crippen molar-refractivity contribution in [1.82, 2.24) is 5.32 Å². The van der Waals surface area contributed by atoms with Crippen LogP contribution in [0.1, 0.15) is 8.35 Å². The minimum atomic E-state index is -0.925. The van der Waals surface area contributed by atoms with Crippen molar-refractivity contribution in [1.29, 1.82) is 0 Å². The molecule has 6 heteroatoms. The third kappa shape index (κ3) is 5.50. The maximum absolute atomic E-state index is 10.4. The molecule has 1 aromatic carbocycles. The Morgan fingerprint density at radius 2 is 2.06 bits per heavy atom. The molecule has 0 fully saturated rings. The molecule has 0 aliphatic heterocycles. The summed E-state index contributed by atoms with van der Waals surface area (Å²) in [4.78, 5) is 12.3. The van der Waals surface area contributed by atoms with Gasteiger partial charge in [-0.1, -0.05) is 18.2 Å². The molecule has 1 rings (SSSR count). The van der Waals surface area contributed by atoms with Crippen LogP contribution in [0.15, 0.2) is 30.3 Å². The van der Waals surface area contributed by atoms with E-state index in [-0.39, 0.29) is 37.5 Å². The van der Waals surface area contributed by atoms with Crippen molar-refractivity contribution in [3.05, 3.63) is 30.3 Å². The van der Waals surface area contributed by atoms with Gasteiger partial charge < -0.3 is 16.7 Å². The minimum absolute atomic E-state index is 0. The van der Waals surface area contributed by atoms with E-state index in [1.165, 1.54) is 0 Å². The van der Waals surface area contributed by atoms with Crippen LogP contribution in [0.5, 0.6) is 0 Å². The predicted molar refractivity (Wildman–Crippen MR) is 68.8 cm³/mol. The van der Waals surface area contributed by atoms with Crippen LogP contribution in [-0.4, -0.2) is 29.3 Å². The van der Waals surface area contributed by atoms with Gasteiger partial charge in [0.25, 0.3) is 0 Å². The number of carboxylic acid groups (broad SMARTS) is 1. The molecule has 1 aromatic rings.